The summed E-state index contributed by atoms with van der Waals surface area (Å²) < 4.78 is 7.78. The predicted octanol–water partition coefficient (Wildman–Crippen LogP) is 5.43. The van der Waals surface area contributed by atoms with Gasteiger partial charge in [-0.2, -0.15) is 5.10 Å². The highest BCUT2D eigenvalue weighted by Gasteiger charge is 2.25. The van der Waals surface area contributed by atoms with Crippen molar-refractivity contribution in [2.24, 2.45) is 0 Å². The molecule has 1 aliphatic rings. The summed E-state index contributed by atoms with van der Waals surface area (Å²) in [5.74, 6) is 2.28. The van der Waals surface area contributed by atoms with E-state index < -0.39 is 0 Å². The van der Waals surface area contributed by atoms with Gasteiger partial charge in [-0.3, -0.25) is 4.79 Å². The Morgan fingerprint density at radius 2 is 2.11 bits per heavy atom. The van der Waals surface area contributed by atoms with Crippen molar-refractivity contribution < 1.29 is 9.53 Å². The van der Waals surface area contributed by atoms with Crippen molar-refractivity contribution in [3.05, 3.63) is 77.3 Å². The summed E-state index contributed by atoms with van der Waals surface area (Å²) in [6, 6.07) is 9.70. The van der Waals surface area contributed by atoms with Gasteiger partial charge in [-0.25, -0.2) is 19.5 Å². The number of nitrogens with zero attached hydrogens (tertiary/aromatic N) is 6. The van der Waals surface area contributed by atoms with Crippen LogP contribution in [-0.4, -0.2) is 41.9 Å². The maximum Gasteiger partial charge on any atom is 0.246 e. The van der Waals surface area contributed by atoms with Gasteiger partial charge in [0.05, 0.1) is 18.1 Å². The highest BCUT2D eigenvalue weighted by atomic mass is 32.1. The van der Waals surface area contributed by atoms with Crippen LogP contribution in [0.5, 0.6) is 11.5 Å². The number of carbonyl (C=O) groups is 1. The third-order valence-corrected chi connectivity index (χ3v) is 7.48. The summed E-state index contributed by atoms with van der Waals surface area (Å²) in [4.78, 5) is 29.7. The van der Waals surface area contributed by atoms with Crippen LogP contribution in [0, 0.1) is 6.92 Å². The molecule has 0 aliphatic carbocycles. The monoisotopic (exact) mass is 511 g/mol. The maximum atomic E-state index is 12.5. The number of benzene rings is 1. The van der Waals surface area contributed by atoms with E-state index in [0.717, 1.165) is 51.5 Å². The zero-order chi connectivity index (χ0) is 25.4. The molecule has 186 valence electrons. The third-order valence-electron chi connectivity index (χ3n) is 6.36. The smallest absolute Gasteiger partial charge is 0.246 e. The molecule has 10 heteroatoms. The number of anilines is 2. The van der Waals surface area contributed by atoms with Crippen LogP contribution < -0.4 is 10.1 Å². The van der Waals surface area contributed by atoms with E-state index in [0.29, 0.717) is 18.8 Å². The number of carbonyl (C=O) groups excluding carboxylic acids is 1. The lowest BCUT2D eigenvalue weighted by Crippen LogP contribution is -2.34. The van der Waals surface area contributed by atoms with E-state index in [1.54, 1.807) is 34.5 Å². The van der Waals surface area contributed by atoms with Crippen molar-refractivity contribution >= 4 is 44.6 Å². The average molecular weight is 512 g/mol. The van der Waals surface area contributed by atoms with Crippen LogP contribution in [0.1, 0.15) is 29.3 Å². The topological polar surface area (TPSA) is 97.5 Å². The molecule has 9 nitrogen and oxygen atoms in total. The highest BCUT2D eigenvalue weighted by molar-refractivity contribution is 7.19. The molecular weight excluding hydrogens is 486 g/mol. The molecule has 5 heterocycles. The quantitative estimate of drug-likeness (QED) is 0.304. The SMILES string of the molecule is CC/C=C/C(=O)N1CCc2c(sc3ncnc(Nc4ccc(Oc5ccc6ncnn6c5)c(C)c4)c23)C1. The second-order valence-electron chi connectivity index (χ2n) is 8.86. The van der Waals surface area contributed by atoms with Crippen LogP contribution in [0.4, 0.5) is 11.5 Å². The number of nitrogens with one attached hydrogen (secondary N) is 1. The summed E-state index contributed by atoms with van der Waals surface area (Å²) in [7, 11) is 0. The molecule has 5 aromatic rings. The van der Waals surface area contributed by atoms with Gasteiger partial charge in [0.15, 0.2) is 5.65 Å². The number of aryl methyl sites for hydroxylation is 1. The average Bonchev–Trinajstić information content (AvgIpc) is 3.53. The normalized spacial score (nSPS) is 13.4. The fourth-order valence-corrected chi connectivity index (χ4v) is 5.70. The standard InChI is InChI=1S/C27H25N7O2S/c1-3-4-5-24(35)33-11-10-20-22(14-33)37-27-25(20)26(29-15-30-27)32-18-6-8-21(17(2)12-18)36-19-7-9-23-28-16-31-34(23)13-19/h4-9,12-13,15-16H,3,10-11,14H2,1-2H3,(H,29,30,32)/b5-4+. The lowest BCUT2D eigenvalue weighted by molar-refractivity contribution is -0.126. The summed E-state index contributed by atoms with van der Waals surface area (Å²) in [5.41, 5.74) is 3.89. The van der Waals surface area contributed by atoms with Gasteiger partial charge in [0.25, 0.3) is 0 Å². The summed E-state index contributed by atoms with van der Waals surface area (Å²) >= 11 is 1.64. The van der Waals surface area contributed by atoms with Crippen LogP contribution in [0.2, 0.25) is 0 Å². The Labute approximate surface area is 217 Å². The van der Waals surface area contributed by atoms with Crippen LogP contribution in [-0.2, 0) is 17.8 Å². The zero-order valence-electron chi connectivity index (χ0n) is 20.5. The number of fused-ring (bicyclic) bond motifs is 4. The maximum absolute atomic E-state index is 12.5. The molecule has 1 N–H and O–H groups in total. The first kappa shape index (κ1) is 23.1. The summed E-state index contributed by atoms with van der Waals surface area (Å²) in [6.45, 7) is 5.33. The summed E-state index contributed by atoms with van der Waals surface area (Å²) in [6.07, 6.45) is 10.1. The number of pyridine rings is 1. The van der Waals surface area contributed by atoms with Gasteiger partial charge in [-0.05, 0) is 67.3 Å². The summed E-state index contributed by atoms with van der Waals surface area (Å²) in [5, 5.41) is 8.69. The van der Waals surface area contributed by atoms with Crippen molar-refractivity contribution in [2.75, 3.05) is 11.9 Å². The Balaban J connectivity index is 1.23. The van der Waals surface area contributed by atoms with Crippen LogP contribution in [0.3, 0.4) is 0 Å². The lowest BCUT2D eigenvalue weighted by Gasteiger charge is -2.26. The molecule has 0 bridgehead atoms. The van der Waals surface area contributed by atoms with E-state index in [4.69, 9.17) is 4.74 Å². The van der Waals surface area contributed by atoms with Gasteiger partial charge in [0.2, 0.25) is 5.91 Å². The van der Waals surface area contributed by atoms with E-state index in [1.807, 2.05) is 55.2 Å². The number of thiophene rings is 1. The molecular formula is C27H25N7O2S. The number of rotatable bonds is 6. The first-order valence-electron chi connectivity index (χ1n) is 12.1. The number of hydrogen-bond donors (Lipinski definition) is 1. The first-order chi connectivity index (χ1) is 18.1. The van der Waals surface area contributed by atoms with Crippen molar-refractivity contribution in [3.8, 4) is 11.5 Å². The molecule has 1 amide bonds. The van der Waals surface area contributed by atoms with Crippen molar-refractivity contribution in [1.29, 1.82) is 0 Å². The third kappa shape index (κ3) is 4.51. The van der Waals surface area contributed by atoms with Crippen LogP contribution in [0.15, 0.2) is 61.3 Å². The van der Waals surface area contributed by atoms with E-state index in [9.17, 15) is 4.79 Å². The van der Waals surface area contributed by atoms with Gasteiger partial charge < -0.3 is 15.0 Å². The Hall–Kier alpha value is -4.31. The van der Waals surface area contributed by atoms with Gasteiger partial charge >= 0.3 is 0 Å². The minimum atomic E-state index is 0.0633. The molecule has 0 spiro atoms. The molecule has 0 saturated carbocycles. The van der Waals surface area contributed by atoms with Crippen molar-refractivity contribution in [3.63, 3.8) is 0 Å². The van der Waals surface area contributed by atoms with Crippen molar-refractivity contribution in [1.82, 2.24) is 29.5 Å². The zero-order valence-corrected chi connectivity index (χ0v) is 21.3. The molecule has 4 aromatic heterocycles. The molecule has 1 aliphatic heterocycles. The molecule has 37 heavy (non-hydrogen) atoms. The Bertz CT molecular complexity index is 1660. The van der Waals surface area contributed by atoms with E-state index >= 15 is 0 Å². The fraction of sp³-hybridized carbons (Fsp3) is 0.222. The largest absolute Gasteiger partial charge is 0.455 e. The number of allylic oxidation sites excluding steroid dienone is 1. The molecule has 1 aromatic carbocycles. The predicted molar refractivity (Wildman–Crippen MR) is 143 cm³/mol. The minimum absolute atomic E-state index is 0.0633. The van der Waals surface area contributed by atoms with E-state index in [-0.39, 0.29) is 5.91 Å². The second-order valence-corrected chi connectivity index (χ2v) is 9.95. The number of ether oxygens (including phenoxy) is 1. The van der Waals surface area contributed by atoms with Gasteiger partial charge in [0, 0.05) is 17.1 Å². The van der Waals surface area contributed by atoms with E-state index in [2.05, 4.69) is 25.4 Å². The minimum Gasteiger partial charge on any atom is -0.455 e. The Morgan fingerprint density at radius 3 is 2.97 bits per heavy atom. The Kier molecular flexibility index (Phi) is 6.01. The molecule has 6 rings (SSSR count). The van der Waals surface area contributed by atoms with Gasteiger partial charge in [-0.1, -0.05) is 13.0 Å². The molecule has 0 unspecified atom stereocenters. The highest BCUT2D eigenvalue weighted by Crippen LogP contribution is 2.38. The second kappa shape index (κ2) is 9.62. The Morgan fingerprint density at radius 1 is 1.19 bits per heavy atom. The van der Waals surface area contributed by atoms with Crippen molar-refractivity contribution in [2.45, 2.75) is 33.2 Å². The molecule has 0 saturated heterocycles. The molecule has 0 fully saturated rings. The van der Waals surface area contributed by atoms with E-state index in [1.165, 1.54) is 16.8 Å². The lowest BCUT2D eigenvalue weighted by atomic mass is 10.0. The van der Waals surface area contributed by atoms with Gasteiger partial charge in [0.1, 0.15) is 34.8 Å². The van der Waals surface area contributed by atoms with Gasteiger partial charge in [-0.15, -0.1) is 11.3 Å². The van der Waals surface area contributed by atoms with Crippen LogP contribution in [0.25, 0.3) is 15.9 Å². The number of aromatic nitrogens is 5. The molecule has 0 radical (unpaired) electrons. The molecule has 0 atom stereocenters. The number of hydrogen-bond acceptors (Lipinski definition) is 8. The fourth-order valence-electron chi connectivity index (χ4n) is 4.50. The van der Waals surface area contributed by atoms with Crippen LogP contribution >= 0.6 is 11.3 Å². The first-order valence-corrected chi connectivity index (χ1v) is 13.0. The number of amides is 1.